The third-order valence-corrected chi connectivity index (χ3v) is 3.19. The van der Waals surface area contributed by atoms with Crippen molar-refractivity contribution in [3.63, 3.8) is 0 Å². The number of rotatable bonds is 6. The first-order valence-corrected chi connectivity index (χ1v) is 7.10. The van der Waals surface area contributed by atoms with Gasteiger partial charge in [-0.05, 0) is 5.56 Å². The molecule has 1 amide bonds. The van der Waals surface area contributed by atoms with Gasteiger partial charge >= 0.3 is 5.97 Å². The van der Waals surface area contributed by atoms with Crippen molar-refractivity contribution in [1.82, 2.24) is 5.32 Å². The van der Waals surface area contributed by atoms with Crippen LogP contribution in [0.25, 0.3) is 0 Å². The molecule has 0 aliphatic rings. The Balaban J connectivity index is 2.79. The monoisotopic (exact) mass is 302 g/mol. The SMILES string of the molecule is NC(C(=O)NC(CS(=O)(=O)O)C(=O)O)c1ccccc1. The fourth-order valence-electron chi connectivity index (χ4n) is 1.46. The summed E-state index contributed by atoms with van der Waals surface area (Å²) < 4.78 is 30.0. The van der Waals surface area contributed by atoms with E-state index in [0.29, 0.717) is 5.56 Å². The van der Waals surface area contributed by atoms with Crippen LogP contribution in [-0.2, 0) is 19.7 Å². The predicted octanol–water partition coefficient (Wildman–Crippen LogP) is -0.856. The molecule has 110 valence electrons. The fourth-order valence-corrected chi connectivity index (χ4v) is 2.11. The lowest BCUT2D eigenvalue weighted by molar-refractivity contribution is -0.141. The zero-order valence-electron chi connectivity index (χ0n) is 10.3. The molecule has 5 N–H and O–H groups in total. The van der Waals surface area contributed by atoms with Gasteiger partial charge in [-0.15, -0.1) is 0 Å². The van der Waals surface area contributed by atoms with E-state index in [1.807, 2.05) is 5.32 Å². The number of carbonyl (C=O) groups is 2. The first-order valence-electron chi connectivity index (χ1n) is 5.49. The van der Waals surface area contributed by atoms with Crippen molar-refractivity contribution in [3.8, 4) is 0 Å². The molecule has 2 atom stereocenters. The minimum Gasteiger partial charge on any atom is -0.480 e. The lowest BCUT2D eigenvalue weighted by Crippen LogP contribution is -2.48. The van der Waals surface area contributed by atoms with E-state index in [4.69, 9.17) is 15.4 Å². The van der Waals surface area contributed by atoms with Crippen LogP contribution in [0.3, 0.4) is 0 Å². The van der Waals surface area contributed by atoms with Crippen LogP contribution in [0, 0.1) is 0 Å². The smallest absolute Gasteiger partial charge is 0.327 e. The normalized spacial score (nSPS) is 14.3. The van der Waals surface area contributed by atoms with Crippen LogP contribution < -0.4 is 11.1 Å². The van der Waals surface area contributed by atoms with Crippen molar-refractivity contribution >= 4 is 22.0 Å². The van der Waals surface area contributed by atoms with Gasteiger partial charge in [0.1, 0.15) is 17.8 Å². The van der Waals surface area contributed by atoms with Gasteiger partial charge < -0.3 is 16.2 Å². The van der Waals surface area contributed by atoms with E-state index in [9.17, 15) is 18.0 Å². The molecular weight excluding hydrogens is 288 g/mol. The van der Waals surface area contributed by atoms with Crippen LogP contribution >= 0.6 is 0 Å². The molecule has 0 fully saturated rings. The van der Waals surface area contributed by atoms with Crippen LogP contribution in [0.4, 0.5) is 0 Å². The second kappa shape index (κ2) is 6.46. The Morgan fingerprint density at radius 1 is 1.25 bits per heavy atom. The van der Waals surface area contributed by atoms with Crippen molar-refractivity contribution in [2.45, 2.75) is 12.1 Å². The largest absolute Gasteiger partial charge is 0.480 e. The fraction of sp³-hybridized carbons (Fsp3) is 0.273. The molecule has 0 spiro atoms. The van der Waals surface area contributed by atoms with E-state index in [0.717, 1.165) is 0 Å². The average Bonchev–Trinajstić information content (AvgIpc) is 2.36. The van der Waals surface area contributed by atoms with Crippen molar-refractivity contribution in [2.75, 3.05) is 5.75 Å². The molecule has 1 aromatic rings. The van der Waals surface area contributed by atoms with E-state index in [-0.39, 0.29) is 0 Å². The Labute approximate surface area is 115 Å². The van der Waals surface area contributed by atoms with Crippen LogP contribution in [0.15, 0.2) is 30.3 Å². The molecule has 20 heavy (non-hydrogen) atoms. The van der Waals surface area contributed by atoms with Gasteiger partial charge in [-0.1, -0.05) is 30.3 Å². The highest BCUT2D eigenvalue weighted by Gasteiger charge is 2.28. The second-order valence-corrected chi connectivity index (χ2v) is 5.53. The van der Waals surface area contributed by atoms with Crippen LogP contribution in [0.2, 0.25) is 0 Å². The second-order valence-electron chi connectivity index (χ2n) is 4.04. The van der Waals surface area contributed by atoms with E-state index >= 15 is 0 Å². The number of nitrogens with one attached hydrogen (secondary N) is 1. The zero-order chi connectivity index (χ0) is 15.3. The molecule has 0 aliphatic carbocycles. The quantitative estimate of drug-likeness (QED) is 0.500. The van der Waals surface area contributed by atoms with Gasteiger partial charge in [0.05, 0.1) is 0 Å². The number of aliphatic carboxylic acids is 1. The van der Waals surface area contributed by atoms with Crippen molar-refractivity contribution < 1.29 is 27.7 Å². The number of carbonyl (C=O) groups excluding carboxylic acids is 1. The molecule has 0 bridgehead atoms. The Morgan fingerprint density at radius 2 is 1.80 bits per heavy atom. The summed E-state index contributed by atoms with van der Waals surface area (Å²) in [6.45, 7) is 0. The van der Waals surface area contributed by atoms with Gasteiger partial charge in [-0.25, -0.2) is 4.79 Å². The molecule has 8 nitrogen and oxygen atoms in total. The topological polar surface area (TPSA) is 147 Å². The predicted molar refractivity (Wildman–Crippen MR) is 69.4 cm³/mol. The van der Waals surface area contributed by atoms with E-state index in [2.05, 4.69) is 0 Å². The van der Waals surface area contributed by atoms with Gasteiger partial charge in [0.2, 0.25) is 5.91 Å². The summed E-state index contributed by atoms with van der Waals surface area (Å²) in [5.74, 6) is -3.57. The molecule has 2 unspecified atom stereocenters. The van der Waals surface area contributed by atoms with Crippen LogP contribution in [0.1, 0.15) is 11.6 Å². The summed E-state index contributed by atoms with van der Waals surface area (Å²) in [5, 5.41) is 10.8. The van der Waals surface area contributed by atoms with Gasteiger partial charge in [-0.2, -0.15) is 8.42 Å². The maximum atomic E-state index is 11.8. The summed E-state index contributed by atoms with van der Waals surface area (Å²) in [5.41, 5.74) is 6.08. The molecule has 1 aromatic carbocycles. The minimum atomic E-state index is -4.54. The molecule has 1 rings (SSSR count). The maximum absolute atomic E-state index is 11.8. The molecule has 0 radical (unpaired) electrons. The number of nitrogens with two attached hydrogens (primary N) is 1. The number of carboxylic acids is 1. The first kappa shape index (κ1) is 16.1. The van der Waals surface area contributed by atoms with E-state index in [1.54, 1.807) is 30.3 Å². The average molecular weight is 302 g/mol. The lowest BCUT2D eigenvalue weighted by atomic mass is 10.1. The summed E-state index contributed by atoms with van der Waals surface area (Å²) in [6.07, 6.45) is 0. The Morgan fingerprint density at radius 3 is 2.25 bits per heavy atom. The molecule has 0 saturated carbocycles. The van der Waals surface area contributed by atoms with Crippen LogP contribution in [0.5, 0.6) is 0 Å². The van der Waals surface area contributed by atoms with E-state index < -0.39 is 39.8 Å². The maximum Gasteiger partial charge on any atom is 0.327 e. The molecule has 0 aliphatic heterocycles. The van der Waals surface area contributed by atoms with E-state index in [1.165, 1.54) is 0 Å². The zero-order valence-corrected chi connectivity index (χ0v) is 11.1. The number of hydrogen-bond donors (Lipinski definition) is 4. The first-order chi connectivity index (χ1) is 9.20. The molecule has 9 heteroatoms. The Bertz CT molecular complexity index is 586. The number of benzene rings is 1. The summed E-state index contributed by atoms with van der Waals surface area (Å²) in [7, 11) is -4.54. The number of amides is 1. The van der Waals surface area contributed by atoms with Gasteiger partial charge in [0, 0.05) is 0 Å². The third-order valence-electron chi connectivity index (χ3n) is 2.43. The van der Waals surface area contributed by atoms with Gasteiger partial charge in [0.15, 0.2) is 0 Å². The third kappa shape index (κ3) is 4.96. The standard InChI is InChI=1S/C11H14N2O6S/c12-9(7-4-2-1-3-5-7)10(14)13-8(11(15)16)6-20(17,18)19/h1-5,8-9H,6,12H2,(H,13,14)(H,15,16)(H,17,18,19). The number of hydrogen-bond acceptors (Lipinski definition) is 5. The summed E-state index contributed by atoms with van der Waals surface area (Å²) in [6, 6.07) is 5.25. The van der Waals surface area contributed by atoms with Crippen molar-refractivity contribution in [1.29, 1.82) is 0 Å². The number of carboxylic acid groups (broad SMARTS) is 1. The Kier molecular flexibility index (Phi) is 5.19. The lowest BCUT2D eigenvalue weighted by Gasteiger charge is -2.17. The molecule has 0 saturated heterocycles. The molecule has 0 aromatic heterocycles. The van der Waals surface area contributed by atoms with Crippen LogP contribution in [-0.4, -0.2) is 41.7 Å². The Hall–Kier alpha value is -1.97. The van der Waals surface area contributed by atoms with Gasteiger partial charge in [-0.3, -0.25) is 9.35 Å². The highest BCUT2D eigenvalue weighted by Crippen LogP contribution is 2.09. The van der Waals surface area contributed by atoms with Crippen molar-refractivity contribution in [2.24, 2.45) is 5.73 Å². The highest BCUT2D eigenvalue weighted by atomic mass is 32.2. The van der Waals surface area contributed by atoms with Gasteiger partial charge in [0.25, 0.3) is 10.1 Å². The highest BCUT2D eigenvalue weighted by molar-refractivity contribution is 7.85. The summed E-state index contributed by atoms with van der Waals surface area (Å²) in [4.78, 5) is 22.6. The summed E-state index contributed by atoms with van der Waals surface area (Å²) >= 11 is 0. The molecular formula is C11H14N2O6S. The molecule has 0 heterocycles. The minimum absolute atomic E-state index is 0.445. The van der Waals surface area contributed by atoms with Crippen molar-refractivity contribution in [3.05, 3.63) is 35.9 Å².